The summed E-state index contributed by atoms with van der Waals surface area (Å²) < 4.78 is 0. The Hall–Kier alpha value is -1.84. The Bertz CT molecular complexity index is 624. The van der Waals surface area contributed by atoms with Crippen molar-refractivity contribution in [3.8, 4) is 0 Å². The van der Waals surface area contributed by atoms with Crippen molar-refractivity contribution < 1.29 is 9.59 Å². The molecule has 2 amide bonds. The number of amides is 2. The normalized spacial score (nSPS) is 10.9. The van der Waals surface area contributed by atoms with Crippen molar-refractivity contribution in [2.75, 3.05) is 26.2 Å². The van der Waals surface area contributed by atoms with Gasteiger partial charge in [0.05, 0.1) is 11.1 Å². The topological polar surface area (TPSA) is 40.6 Å². The summed E-state index contributed by atoms with van der Waals surface area (Å²) in [5, 5.41) is 0. The summed E-state index contributed by atoms with van der Waals surface area (Å²) >= 11 is 0. The van der Waals surface area contributed by atoms with Gasteiger partial charge in [-0.1, -0.05) is 27.7 Å². The quantitative estimate of drug-likeness (QED) is 0.535. The van der Waals surface area contributed by atoms with Gasteiger partial charge in [-0.05, 0) is 75.6 Å². The minimum absolute atomic E-state index is 0.00342. The SMILES string of the molecule is CCCN(CCC)C(=O)c1c(C)c(C)c(C)c(C)c1C(=O)N(CCC)CCC. The third kappa shape index (κ3) is 5.15. The van der Waals surface area contributed by atoms with Gasteiger partial charge in [0.15, 0.2) is 0 Å². The summed E-state index contributed by atoms with van der Waals surface area (Å²) in [6, 6.07) is 0. The molecule has 4 heteroatoms. The van der Waals surface area contributed by atoms with E-state index >= 15 is 0 Å². The highest BCUT2D eigenvalue weighted by Crippen LogP contribution is 2.29. The van der Waals surface area contributed by atoms with E-state index in [0.717, 1.165) is 74.1 Å². The summed E-state index contributed by atoms with van der Waals surface area (Å²) in [5.41, 5.74) is 5.35. The molecule has 0 N–H and O–H groups in total. The molecule has 0 heterocycles. The van der Waals surface area contributed by atoms with Crippen molar-refractivity contribution in [3.05, 3.63) is 33.4 Å². The van der Waals surface area contributed by atoms with Crippen LogP contribution in [0.3, 0.4) is 0 Å². The highest BCUT2D eigenvalue weighted by molar-refractivity contribution is 6.09. The van der Waals surface area contributed by atoms with E-state index in [4.69, 9.17) is 0 Å². The van der Waals surface area contributed by atoms with E-state index in [2.05, 4.69) is 41.5 Å². The second-order valence-electron chi connectivity index (χ2n) is 7.83. The maximum absolute atomic E-state index is 13.6. The molecule has 0 unspecified atom stereocenters. The maximum Gasteiger partial charge on any atom is 0.254 e. The van der Waals surface area contributed by atoms with Crippen molar-refractivity contribution in [2.45, 2.75) is 81.1 Å². The second kappa shape index (κ2) is 11.2. The Labute approximate surface area is 172 Å². The second-order valence-corrected chi connectivity index (χ2v) is 7.83. The van der Waals surface area contributed by atoms with Crippen LogP contribution in [0.1, 0.15) is 96.3 Å². The van der Waals surface area contributed by atoms with E-state index < -0.39 is 0 Å². The van der Waals surface area contributed by atoms with Gasteiger partial charge < -0.3 is 9.80 Å². The van der Waals surface area contributed by atoms with Crippen molar-refractivity contribution in [1.29, 1.82) is 0 Å². The van der Waals surface area contributed by atoms with Gasteiger partial charge in [0, 0.05) is 26.2 Å². The van der Waals surface area contributed by atoms with Crippen LogP contribution in [0.5, 0.6) is 0 Å². The molecule has 1 rings (SSSR count). The highest BCUT2D eigenvalue weighted by Gasteiger charge is 2.29. The number of hydrogen-bond donors (Lipinski definition) is 0. The fourth-order valence-electron chi connectivity index (χ4n) is 3.87. The molecule has 158 valence electrons. The molecule has 1 aromatic rings. The van der Waals surface area contributed by atoms with Gasteiger partial charge in [-0.15, -0.1) is 0 Å². The third-order valence-electron chi connectivity index (χ3n) is 5.66. The van der Waals surface area contributed by atoms with Crippen LogP contribution in [0.2, 0.25) is 0 Å². The zero-order valence-corrected chi connectivity index (χ0v) is 19.4. The lowest BCUT2D eigenvalue weighted by Gasteiger charge is -2.29. The summed E-state index contributed by atoms with van der Waals surface area (Å²) in [5.74, 6) is 0.00685. The molecule has 0 spiro atoms. The van der Waals surface area contributed by atoms with Crippen molar-refractivity contribution >= 4 is 11.8 Å². The number of carbonyl (C=O) groups is 2. The fourth-order valence-corrected chi connectivity index (χ4v) is 3.87. The zero-order chi connectivity index (χ0) is 21.4. The van der Waals surface area contributed by atoms with E-state index in [9.17, 15) is 9.59 Å². The van der Waals surface area contributed by atoms with Crippen molar-refractivity contribution in [1.82, 2.24) is 9.80 Å². The van der Waals surface area contributed by atoms with Crippen LogP contribution in [0, 0.1) is 27.7 Å². The van der Waals surface area contributed by atoms with Gasteiger partial charge in [-0.2, -0.15) is 0 Å². The molecule has 4 nitrogen and oxygen atoms in total. The van der Waals surface area contributed by atoms with Crippen LogP contribution in [-0.4, -0.2) is 47.8 Å². The van der Waals surface area contributed by atoms with Crippen LogP contribution in [-0.2, 0) is 0 Å². The van der Waals surface area contributed by atoms with E-state index in [1.54, 1.807) is 0 Å². The molecular formula is C24H40N2O2. The largest absolute Gasteiger partial charge is 0.339 e. The molecule has 0 saturated heterocycles. The molecule has 0 fully saturated rings. The van der Waals surface area contributed by atoms with Gasteiger partial charge in [0.25, 0.3) is 11.8 Å². The molecule has 28 heavy (non-hydrogen) atoms. The number of nitrogens with zero attached hydrogens (tertiary/aromatic N) is 2. The predicted octanol–water partition coefficient (Wildman–Crippen LogP) is 5.44. The lowest BCUT2D eigenvalue weighted by molar-refractivity contribution is 0.0715. The van der Waals surface area contributed by atoms with E-state index in [1.165, 1.54) is 0 Å². The lowest BCUT2D eigenvalue weighted by Crippen LogP contribution is -2.38. The van der Waals surface area contributed by atoms with Crippen molar-refractivity contribution in [2.24, 2.45) is 0 Å². The number of rotatable bonds is 10. The summed E-state index contributed by atoms with van der Waals surface area (Å²) in [4.78, 5) is 31.0. The highest BCUT2D eigenvalue weighted by atomic mass is 16.2. The average molecular weight is 389 g/mol. The van der Waals surface area contributed by atoms with Gasteiger partial charge in [0.2, 0.25) is 0 Å². The summed E-state index contributed by atoms with van der Waals surface area (Å²) in [7, 11) is 0. The molecule has 0 radical (unpaired) electrons. The van der Waals surface area contributed by atoms with Crippen LogP contribution in [0.4, 0.5) is 0 Å². The fraction of sp³-hybridized carbons (Fsp3) is 0.667. The van der Waals surface area contributed by atoms with Crippen LogP contribution < -0.4 is 0 Å². The standard InChI is InChI=1S/C24H40N2O2/c1-9-13-25(14-10-2)23(27)21-19(7)17(5)18(6)20(8)22(21)24(28)26(15-11-3)16-12-4/h9-16H2,1-8H3. The molecule has 0 aromatic heterocycles. The minimum atomic E-state index is 0.00342. The molecule has 0 aliphatic heterocycles. The van der Waals surface area contributed by atoms with Crippen LogP contribution >= 0.6 is 0 Å². The average Bonchev–Trinajstić information content (AvgIpc) is 2.67. The summed E-state index contributed by atoms with van der Waals surface area (Å²) in [6.45, 7) is 19.3. The molecule has 0 saturated carbocycles. The molecule has 0 aliphatic rings. The number of benzene rings is 1. The molecule has 0 atom stereocenters. The predicted molar refractivity (Wildman–Crippen MR) is 118 cm³/mol. The van der Waals surface area contributed by atoms with E-state index in [-0.39, 0.29) is 11.8 Å². The van der Waals surface area contributed by atoms with Gasteiger partial charge in [-0.3, -0.25) is 9.59 Å². The molecule has 0 aliphatic carbocycles. The number of carbonyl (C=O) groups excluding carboxylic acids is 2. The molecular weight excluding hydrogens is 348 g/mol. The Kier molecular flexibility index (Phi) is 9.71. The van der Waals surface area contributed by atoms with Gasteiger partial charge in [-0.25, -0.2) is 0 Å². The van der Waals surface area contributed by atoms with E-state index in [1.807, 2.05) is 23.6 Å². The monoisotopic (exact) mass is 388 g/mol. The Morgan fingerprint density at radius 1 is 0.536 bits per heavy atom. The Balaban J connectivity index is 3.66. The zero-order valence-electron chi connectivity index (χ0n) is 19.4. The smallest absolute Gasteiger partial charge is 0.254 e. The first-order chi connectivity index (χ1) is 13.3. The van der Waals surface area contributed by atoms with Crippen molar-refractivity contribution in [3.63, 3.8) is 0 Å². The Morgan fingerprint density at radius 2 is 0.786 bits per heavy atom. The van der Waals surface area contributed by atoms with Gasteiger partial charge >= 0.3 is 0 Å². The first-order valence-corrected chi connectivity index (χ1v) is 10.9. The first kappa shape index (κ1) is 24.2. The lowest BCUT2D eigenvalue weighted by atomic mass is 9.87. The summed E-state index contributed by atoms with van der Waals surface area (Å²) in [6.07, 6.45) is 3.65. The van der Waals surface area contributed by atoms with E-state index in [0.29, 0.717) is 11.1 Å². The Morgan fingerprint density at radius 3 is 1.00 bits per heavy atom. The van der Waals surface area contributed by atoms with Crippen LogP contribution in [0.25, 0.3) is 0 Å². The molecule has 0 bridgehead atoms. The third-order valence-corrected chi connectivity index (χ3v) is 5.66. The molecule has 1 aromatic carbocycles. The maximum atomic E-state index is 13.6. The number of hydrogen-bond acceptors (Lipinski definition) is 2. The minimum Gasteiger partial charge on any atom is -0.339 e. The van der Waals surface area contributed by atoms with Crippen LogP contribution in [0.15, 0.2) is 0 Å². The first-order valence-electron chi connectivity index (χ1n) is 10.9. The van der Waals surface area contributed by atoms with Gasteiger partial charge in [0.1, 0.15) is 0 Å².